The fraction of sp³-hybridized carbons (Fsp3) is 0.478. The highest BCUT2D eigenvalue weighted by Gasteiger charge is 2.29. The Bertz CT molecular complexity index is 788. The van der Waals surface area contributed by atoms with Gasteiger partial charge in [-0.3, -0.25) is 0 Å². The van der Waals surface area contributed by atoms with E-state index in [1.54, 1.807) is 0 Å². The molecule has 0 spiro atoms. The maximum absolute atomic E-state index is 10.1. The van der Waals surface area contributed by atoms with Gasteiger partial charge in [0.1, 0.15) is 5.75 Å². The molecule has 3 unspecified atom stereocenters. The number of halogens is 1. The van der Waals surface area contributed by atoms with Crippen LogP contribution in [0.2, 0.25) is 5.02 Å². The zero-order valence-corrected chi connectivity index (χ0v) is 16.6. The van der Waals surface area contributed by atoms with Crippen LogP contribution in [0.5, 0.6) is 5.75 Å². The first-order valence-corrected chi connectivity index (χ1v) is 10.5. The third kappa shape index (κ3) is 4.69. The average Bonchev–Trinajstić information content (AvgIpc) is 2.67. The molecule has 0 amide bonds. The predicted molar refractivity (Wildman–Crippen MR) is 109 cm³/mol. The highest BCUT2D eigenvalue weighted by Crippen LogP contribution is 2.34. The molecule has 0 radical (unpaired) electrons. The van der Waals surface area contributed by atoms with Crippen LogP contribution in [0.1, 0.15) is 54.9 Å². The van der Waals surface area contributed by atoms with Crippen molar-refractivity contribution >= 4 is 11.6 Å². The molecular formula is C23H27ClO4. The summed E-state index contributed by atoms with van der Waals surface area (Å²) in [6.45, 7) is -0.0801. The SMILES string of the molecule is OCC1CC(O)CC(c2ccc(Cl)c(Cc3ccc(OC4CCC4)cc3)c2)O1. The van der Waals surface area contributed by atoms with Crippen molar-refractivity contribution in [2.75, 3.05) is 6.61 Å². The molecule has 0 bridgehead atoms. The summed E-state index contributed by atoms with van der Waals surface area (Å²) in [5, 5.41) is 20.2. The molecule has 4 rings (SSSR count). The summed E-state index contributed by atoms with van der Waals surface area (Å²) in [4.78, 5) is 0. The smallest absolute Gasteiger partial charge is 0.119 e. The van der Waals surface area contributed by atoms with E-state index in [2.05, 4.69) is 18.2 Å². The lowest BCUT2D eigenvalue weighted by atomic mass is 9.94. The van der Waals surface area contributed by atoms with Crippen LogP contribution in [0.25, 0.3) is 0 Å². The van der Waals surface area contributed by atoms with E-state index in [1.807, 2.05) is 24.3 Å². The number of aliphatic hydroxyl groups is 2. The van der Waals surface area contributed by atoms with Crippen molar-refractivity contribution in [2.24, 2.45) is 0 Å². The lowest BCUT2D eigenvalue weighted by molar-refractivity contribution is -0.113. The van der Waals surface area contributed by atoms with E-state index in [1.165, 1.54) is 6.42 Å². The standard InChI is InChI=1S/C23H27ClO4/c24-22-9-6-16(23-13-18(26)12-21(14-25)28-23)11-17(22)10-15-4-7-20(8-5-15)27-19-2-1-3-19/h4-9,11,18-19,21,23,25-26H,1-3,10,12-14H2. The van der Waals surface area contributed by atoms with Crippen molar-refractivity contribution in [3.63, 3.8) is 0 Å². The fourth-order valence-corrected chi connectivity index (χ4v) is 4.02. The average molecular weight is 403 g/mol. The van der Waals surface area contributed by atoms with Gasteiger partial charge in [-0.25, -0.2) is 0 Å². The van der Waals surface area contributed by atoms with E-state index in [-0.39, 0.29) is 18.8 Å². The van der Waals surface area contributed by atoms with Crippen molar-refractivity contribution in [1.29, 1.82) is 0 Å². The predicted octanol–water partition coefficient (Wildman–Crippen LogP) is 4.44. The van der Waals surface area contributed by atoms with E-state index in [9.17, 15) is 10.2 Å². The normalized spacial score (nSPS) is 25.3. The largest absolute Gasteiger partial charge is 0.490 e. The highest BCUT2D eigenvalue weighted by atomic mass is 35.5. The molecule has 2 aromatic rings. The minimum absolute atomic E-state index is 0.0801. The van der Waals surface area contributed by atoms with Gasteiger partial charge in [0.05, 0.1) is 31.0 Å². The van der Waals surface area contributed by atoms with E-state index >= 15 is 0 Å². The molecule has 1 aliphatic heterocycles. The monoisotopic (exact) mass is 402 g/mol. The van der Waals surface area contributed by atoms with Crippen LogP contribution < -0.4 is 4.74 Å². The third-order valence-corrected chi connectivity index (χ3v) is 6.06. The fourth-order valence-electron chi connectivity index (χ4n) is 3.84. The molecule has 2 N–H and O–H groups in total. The highest BCUT2D eigenvalue weighted by molar-refractivity contribution is 6.31. The molecule has 28 heavy (non-hydrogen) atoms. The second kappa shape index (κ2) is 8.83. The molecule has 1 heterocycles. The molecule has 2 aromatic carbocycles. The second-order valence-corrected chi connectivity index (χ2v) is 8.30. The summed E-state index contributed by atoms with van der Waals surface area (Å²) < 4.78 is 11.9. The van der Waals surface area contributed by atoms with Gasteiger partial charge in [-0.15, -0.1) is 0 Å². The molecule has 1 aliphatic carbocycles. The van der Waals surface area contributed by atoms with Crippen LogP contribution in [0.3, 0.4) is 0 Å². The van der Waals surface area contributed by atoms with Gasteiger partial charge in [-0.1, -0.05) is 35.9 Å². The van der Waals surface area contributed by atoms with Crippen LogP contribution >= 0.6 is 11.6 Å². The number of aliphatic hydroxyl groups excluding tert-OH is 2. The zero-order chi connectivity index (χ0) is 19.5. The Kier molecular flexibility index (Phi) is 6.22. The van der Waals surface area contributed by atoms with Crippen LogP contribution in [-0.2, 0) is 11.2 Å². The van der Waals surface area contributed by atoms with E-state index in [0.29, 0.717) is 24.0 Å². The van der Waals surface area contributed by atoms with Gasteiger partial charge >= 0.3 is 0 Å². The van der Waals surface area contributed by atoms with E-state index in [0.717, 1.165) is 41.7 Å². The number of hydrogen-bond donors (Lipinski definition) is 2. The quantitative estimate of drug-likeness (QED) is 0.750. The summed E-state index contributed by atoms with van der Waals surface area (Å²) in [6.07, 6.45) is 4.66. The van der Waals surface area contributed by atoms with Crippen LogP contribution in [0.15, 0.2) is 42.5 Å². The summed E-state index contributed by atoms with van der Waals surface area (Å²) in [5.74, 6) is 0.924. The van der Waals surface area contributed by atoms with Crippen LogP contribution in [0, 0.1) is 0 Å². The van der Waals surface area contributed by atoms with Crippen molar-refractivity contribution in [3.05, 3.63) is 64.2 Å². The number of hydrogen-bond acceptors (Lipinski definition) is 4. The Morgan fingerprint density at radius 1 is 1.07 bits per heavy atom. The molecule has 2 fully saturated rings. The van der Waals surface area contributed by atoms with Crippen LogP contribution in [-0.4, -0.2) is 35.1 Å². The van der Waals surface area contributed by atoms with Gasteiger partial charge < -0.3 is 19.7 Å². The summed E-state index contributed by atoms with van der Waals surface area (Å²) >= 11 is 6.44. The summed E-state index contributed by atoms with van der Waals surface area (Å²) in [6, 6.07) is 14.1. The number of ether oxygens (including phenoxy) is 2. The maximum atomic E-state index is 10.1. The Labute approximate surface area is 171 Å². The Hall–Kier alpha value is -1.59. The molecule has 3 atom stereocenters. The molecule has 1 saturated heterocycles. The summed E-state index contributed by atoms with van der Waals surface area (Å²) in [7, 11) is 0. The minimum atomic E-state index is -0.460. The topological polar surface area (TPSA) is 58.9 Å². The van der Waals surface area contributed by atoms with Crippen molar-refractivity contribution < 1.29 is 19.7 Å². The Balaban J connectivity index is 1.46. The molecule has 0 aromatic heterocycles. The minimum Gasteiger partial charge on any atom is -0.490 e. The van der Waals surface area contributed by atoms with Crippen LogP contribution in [0.4, 0.5) is 0 Å². The maximum Gasteiger partial charge on any atom is 0.119 e. The Morgan fingerprint density at radius 3 is 2.54 bits per heavy atom. The van der Waals surface area contributed by atoms with Crippen molar-refractivity contribution in [2.45, 2.75) is 62.9 Å². The first-order valence-electron chi connectivity index (χ1n) is 10.1. The first kappa shape index (κ1) is 19.7. The third-order valence-electron chi connectivity index (χ3n) is 5.70. The summed E-state index contributed by atoms with van der Waals surface area (Å²) in [5.41, 5.74) is 3.18. The molecular weight excluding hydrogens is 376 g/mol. The van der Waals surface area contributed by atoms with Gasteiger partial charge in [0.2, 0.25) is 0 Å². The van der Waals surface area contributed by atoms with Crippen molar-refractivity contribution in [1.82, 2.24) is 0 Å². The van der Waals surface area contributed by atoms with Gasteiger partial charge in [0.15, 0.2) is 0 Å². The van der Waals surface area contributed by atoms with Gasteiger partial charge in [-0.2, -0.15) is 0 Å². The molecule has 1 saturated carbocycles. The molecule has 5 heteroatoms. The van der Waals surface area contributed by atoms with Crippen molar-refractivity contribution in [3.8, 4) is 5.75 Å². The molecule has 150 valence electrons. The van der Waals surface area contributed by atoms with E-state index < -0.39 is 6.10 Å². The molecule has 4 nitrogen and oxygen atoms in total. The van der Waals surface area contributed by atoms with Gasteiger partial charge in [0, 0.05) is 17.9 Å². The zero-order valence-electron chi connectivity index (χ0n) is 15.9. The molecule has 2 aliphatic rings. The number of rotatable bonds is 6. The first-order chi connectivity index (χ1) is 13.6. The van der Waals surface area contributed by atoms with Gasteiger partial charge in [0.25, 0.3) is 0 Å². The lowest BCUT2D eigenvalue weighted by Gasteiger charge is -2.32. The van der Waals surface area contributed by atoms with Gasteiger partial charge in [-0.05, 0) is 60.6 Å². The Morgan fingerprint density at radius 2 is 1.86 bits per heavy atom. The number of benzene rings is 2. The lowest BCUT2D eigenvalue weighted by Crippen LogP contribution is -2.33. The van der Waals surface area contributed by atoms with E-state index in [4.69, 9.17) is 21.1 Å². The second-order valence-electron chi connectivity index (χ2n) is 7.90.